The van der Waals surface area contributed by atoms with Crippen molar-refractivity contribution >= 4 is 11.0 Å². The highest BCUT2D eigenvalue weighted by molar-refractivity contribution is 5.77. The van der Waals surface area contributed by atoms with Gasteiger partial charge in [0.1, 0.15) is 11.3 Å². The van der Waals surface area contributed by atoms with E-state index in [1.807, 2.05) is 18.2 Å². The van der Waals surface area contributed by atoms with Crippen molar-refractivity contribution in [3.05, 3.63) is 36.1 Å². The molecule has 2 heteroatoms. The van der Waals surface area contributed by atoms with Crippen LogP contribution in [0, 0.1) is 5.92 Å². The van der Waals surface area contributed by atoms with E-state index in [0.717, 1.165) is 30.1 Å². The van der Waals surface area contributed by atoms with Gasteiger partial charge in [-0.25, -0.2) is 0 Å². The first-order chi connectivity index (χ1) is 7.83. The van der Waals surface area contributed by atoms with Gasteiger partial charge in [-0.3, -0.25) is 0 Å². The molecule has 16 heavy (non-hydrogen) atoms. The molecule has 0 radical (unpaired) electrons. The van der Waals surface area contributed by atoms with E-state index in [9.17, 15) is 0 Å². The van der Waals surface area contributed by atoms with Crippen molar-refractivity contribution < 1.29 is 4.42 Å². The van der Waals surface area contributed by atoms with Gasteiger partial charge in [-0.05, 0) is 37.3 Å². The van der Waals surface area contributed by atoms with E-state index in [1.54, 1.807) is 0 Å². The molecule has 1 aromatic carbocycles. The Balaban J connectivity index is 1.69. The van der Waals surface area contributed by atoms with Gasteiger partial charge < -0.3 is 10.2 Å². The topological polar surface area (TPSA) is 39.2 Å². The highest BCUT2D eigenvalue weighted by Crippen LogP contribution is 2.33. The lowest BCUT2D eigenvalue weighted by molar-refractivity contribution is 0.491. The number of rotatable bonds is 4. The van der Waals surface area contributed by atoms with Crippen LogP contribution in [0.1, 0.15) is 25.0 Å². The standard InChI is InChI=1S/C14H17NO/c15-13(10-5-6-10)8-7-12-9-11-3-1-2-4-14(11)16-12/h1-4,9-10,13H,5-8,15H2. The van der Waals surface area contributed by atoms with Gasteiger partial charge in [-0.2, -0.15) is 0 Å². The SMILES string of the molecule is NC(CCc1cc2ccccc2o1)C1CC1. The number of hydrogen-bond donors (Lipinski definition) is 1. The van der Waals surface area contributed by atoms with Crippen molar-refractivity contribution in [1.82, 2.24) is 0 Å². The van der Waals surface area contributed by atoms with Crippen molar-refractivity contribution in [2.24, 2.45) is 11.7 Å². The number of nitrogens with two attached hydrogens (primary N) is 1. The molecular weight excluding hydrogens is 198 g/mol. The Kier molecular flexibility index (Phi) is 2.44. The fraction of sp³-hybridized carbons (Fsp3) is 0.429. The molecule has 2 N–H and O–H groups in total. The smallest absolute Gasteiger partial charge is 0.134 e. The molecule has 0 aliphatic heterocycles. The molecule has 1 aliphatic carbocycles. The molecule has 2 nitrogen and oxygen atoms in total. The summed E-state index contributed by atoms with van der Waals surface area (Å²) in [5.74, 6) is 1.85. The Morgan fingerprint density at radius 3 is 2.88 bits per heavy atom. The van der Waals surface area contributed by atoms with Crippen LogP contribution in [-0.4, -0.2) is 6.04 Å². The van der Waals surface area contributed by atoms with E-state index in [4.69, 9.17) is 10.2 Å². The lowest BCUT2D eigenvalue weighted by Gasteiger charge is -2.07. The Hall–Kier alpha value is -1.28. The summed E-state index contributed by atoms with van der Waals surface area (Å²) in [7, 11) is 0. The second-order valence-electron chi connectivity index (χ2n) is 4.79. The zero-order valence-electron chi connectivity index (χ0n) is 9.36. The molecule has 0 saturated heterocycles. The number of benzene rings is 1. The zero-order chi connectivity index (χ0) is 11.0. The highest BCUT2D eigenvalue weighted by atomic mass is 16.3. The quantitative estimate of drug-likeness (QED) is 0.851. The minimum Gasteiger partial charge on any atom is -0.461 e. The summed E-state index contributed by atoms with van der Waals surface area (Å²) in [6, 6.07) is 10.6. The van der Waals surface area contributed by atoms with Crippen LogP contribution in [0.25, 0.3) is 11.0 Å². The van der Waals surface area contributed by atoms with Gasteiger partial charge in [-0.15, -0.1) is 0 Å². The number of hydrogen-bond acceptors (Lipinski definition) is 2. The number of para-hydroxylation sites is 1. The average Bonchev–Trinajstić information content (AvgIpc) is 3.06. The summed E-state index contributed by atoms with van der Waals surface area (Å²) in [4.78, 5) is 0. The van der Waals surface area contributed by atoms with Crippen molar-refractivity contribution in [2.45, 2.75) is 31.7 Å². The fourth-order valence-electron chi connectivity index (χ4n) is 2.23. The molecule has 0 spiro atoms. The average molecular weight is 215 g/mol. The maximum absolute atomic E-state index is 6.08. The molecular formula is C14H17NO. The van der Waals surface area contributed by atoms with Gasteiger partial charge in [0, 0.05) is 17.8 Å². The fourth-order valence-corrected chi connectivity index (χ4v) is 2.23. The van der Waals surface area contributed by atoms with Crippen LogP contribution in [0.3, 0.4) is 0 Å². The van der Waals surface area contributed by atoms with E-state index >= 15 is 0 Å². The van der Waals surface area contributed by atoms with Crippen molar-refractivity contribution in [1.29, 1.82) is 0 Å². The highest BCUT2D eigenvalue weighted by Gasteiger charge is 2.28. The lowest BCUT2D eigenvalue weighted by Crippen LogP contribution is -2.22. The van der Waals surface area contributed by atoms with Crippen LogP contribution < -0.4 is 5.73 Å². The molecule has 1 aliphatic rings. The van der Waals surface area contributed by atoms with Gasteiger partial charge in [0.25, 0.3) is 0 Å². The van der Waals surface area contributed by atoms with Crippen molar-refractivity contribution in [3.63, 3.8) is 0 Å². The summed E-state index contributed by atoms with van der Waals surface area (Å²) in [6.07, 6.45) is 4.65. The van der Waals surface area contributed by atoms with E-state index in [0.29, 0.717) is 6.04 Å². The molecule has 1 heterocycles. The predicted octanol–water partition coefficient (Wildman–Crippen LogP) is 3.10. The Bertz CT molecular complexity index is 451. The van der Waals surface area contributed by atoms with Gasteiger partial charge >= 0.3 is 0 Å². The normalized spacial score (nSPS) is 17.8. The largest absolute Gasteiger partial charge is 0.461 e. The first-order valence-corrected chi connectivity index (χ1v) is 6.06. The molecule has 1 unspecified atom stereocenters. The molecule has 1 saturated carbocycles. The maximum atomic E-state index is 6.08. The van der Waals surface area contributed by atoms with E-state index < -0.39 is 0 Å². The van der Waals surface area contributed by atoms with Crippen LogP contribution in [-0.2, 0) is 6.42 Å². The number of fused-ring (bicyclic) bond motifs is 1. The van der Waals surface area contributed by atoms with Crippen LogP contribution in [0.5, 0.6) is 0 Å². The molecule has 1 aromatic heterocycles. The van der Waals surface area contributed by atoms with Crippen molar-refractivity contribution in [2.75, 3.05) is 0 Å². The third-order valence-electron chi connectivity index (χ3n) is 3.43. The second kappa shape index (κ2) is 3.95. The Morgan fingerprint density at radius 2 is 2.12 bits per heavy atom. The van der Waals surface area contributed by atoms with Crippen LogP contribution in [0.4, 0.5) is 0 Å². The lowest BCUT2D eigenvalue weighted by atomic mass is 10.1. The summed E-state index contributed by atoms with van der Waals surface area (Å²) in [5.41, 5.74) is 7.06. The second-order valence-corrected chi connectivity index (χ2v) is 4.79. The third kappa shape index (κ3) is 1.98. The van der Waals surface area contributed by atoms with Gasteiger partial charge in [0.05, 0.1) is 0 Å². The minimum atomic E-state index is 0.369. The minimum absolute atomic E-state index is 0.369. The van der Waals surface area contributed by atoms with Crippen LogP contribution in [0.15, 0.2) is 34.7 Å². The van der Waals surface area contributed by atoms with E-state index in [1.165, 1.54) is 18.2 Å². The molecule has 1 atom stereocenters. The molecule has 84 valence electrons. The zero-order valence-corrected chi connectivity index (χ0v) is 9.36. The molecule has 0 amide bonds. The van der Waals surface area contributed by atoms with Crippen LogP contribution in [0.2, 0.25) is 0 Å². The maximum Gasteiger partial charge on any atom is 0.134 e. The first kappa shape index (κ1) is 9.91. The Morgan fingerprint density at radius 1 is 1.31 bits per heavy atom. The molecule has 1 fully saturated rings. The Labute approximate surface area is 95.4 Å². The number of furan rings is 1. The van der Waals surface area contributed by atoms with Crippen LogP contribution >= 0.6 is 0 Å². The number of aryl methyl sites for hydroxylation is 1. The molecule has 0 bridgehead atoms. The molecule has 3 rings (SSSR count). The monoisotopic (exact) mass is 215 g/mol. The van der Waals surface area contributed by atoms with Gasteiger partial charge in [0.15, 0.2) is 0 Å². The first-order valence-electron chi connectivity index (χ1n) is 6.06. The third-order valence-corrected chi connectivity index (χ3v) is 3.43. The summed E-state index contributed by atoms with van der Waals surface area (Å²) in [6.45, 7) is 0. The van der Waals surface area contributed by atoms with Gasteiger partial charge in [0.2, 0.25) is 0 Å². The summed E-state index contributed by atoms with van der Waals surface area (Å²) >= 11 is 0. The van der Waals surface area contributed by atoms with E-state index in [-0.39, 0.29) is 0 Å². The summed E-state index contributed by atoms with van der Waals surface area (Å²) in [5, 5.41) is 1.19. The van der Waals surface area contributed by atoms with Crippen molar-refractivity contribution in [3.8, 4) is 0 Å². The molecule has 2 aromatic rings. The predicted molar refractivity (Wildman–Crippen MR) is 65.2 cm³/mol. The van der Waals surface area contributed by atoms with Gasteiger partial charge in [-0.1, -0.05) is 18.2 Å². The summed E-state index contributed by atoms with van der Waals surface area (Å²) < 4.78 is 5.76. The van der Waals surface area contributed by atoms with E-state index in [2.05, 4.69) is 12.1 Å².